The lowest BCUT2D eigenvalue weighted by Gasteiger charge is -2.19. The average Bonchev–Trinajstić information content (AvgIpc) is 2.69. The minimum absolute atomic E-state index is 0.201. The van der Waals surface area contributed by atoms with Gasteiger partial charge in [-0.25, -0.2) is 0 Å². The number of aryl methyl sites for hydroxylation is 1. The van der Waals surface area contributed by atoms with Crippen LogP contribution in [0.25, 0.3) is 0 Å². The second-order valence-corrected chi connectivity index (χ2v) is 3.41. The summed E-state index contributed by atoms with van der Waals surface area (Å²) in [6, 6.07) is 0. The van der Waals surface area contributed by atoms with Crippen molar-refractivity contribution < 1.29 is 24.0 Å². The fourth-order valence-corrected chi connectivity index (χ4v) is 1.29. The number of ether oxygens (including phenoxy) is 1. The van der Waals surface area contributed by atoms with Crippen LogP contribution in [-0.4, -0.2) is 53.8 Å². The lowest BCUT2D eigenvalue weighted by Crippen LogP contribution is -2.38. The summed E-state index contributed by atoms with van der Waals surface area (Å²) in [4.78, 5) is 23.8. The molecule has 7 nitrogen and oxygen atoms in total. The van der Waals surface area contributed by atoms with Crippen LogP contribution < -0.4 is 0 Å². The number of carbonyl (C=O) groups excluding carboxylic acids is 1. The van der Waals surface area contributed by atoms with E-state index < -0.39 is 11.9 Å². The molecule has 1 rings (SSSR count). The van der Waals surface area contributed by atoms with E-state index in [-0.39, 0.29) is 25.3 Å². The van der Waals surface area contributed by atoms with E-state index in [4.69, 9.17) is 14.4 Å². The Bertz CT molecular complexity index is 401. The summed E-state index contributed by atoms with van der Waals surface area (Å²) in [5.41, 5.74) is 0.266. The van der Waals surface area contributed by atoms with E-state index in [2.05, 4.69) is 5.16 Å². The Balaban J connectivity index is 2.78. The van der Waals surface area contributed by atoms with E-state index in [0.717, 1.165) is 0 Å². The highest BCUT2D eigenvalue weighted by atomic mass is 16.5. The van der Waals surface area contributed by atoms with Crippen LogP contribution in [0.2, 0.25) is 0 Å². The normalized spacial score (nSPS) is 10.2. The molecule has 1 heterocycles. The minimum Gasteiger partial charge on any atom is -0.480 e. The first-order chi connectivity index (χ1) is 8.06. The summed E-state index contributed by atoms with van der Waals surface area (Å²) in [7, 11) is 1.48. The molecule has 17 heavy (non-hydrogen) atoms. The molecule has 0 saturated carbocycles. The van der Waals surface area contributed by atoms with Gasteiger partial charge in [-0.2, -0.15) is 0 Å². The van der Waals surface area contributed by atoms with E-state index in [9.17, 15) is 9.59 Å². The number of aliphatic carboxylic acids is 1. The van der Waals surface area contributed by atoms with Crippen LogP contribution in [0, 0.1) is 6.92 Å². The van der Waals surface area contributed by atoms with Gasteiger partial charge in [0.05, 0.1) is 12.8 Å². The maximum Gasteiger partial charge on any atom is 0.323 e. The molecule has 0 fully saturated rings. The number of nitrogens with zero attached hydrogens (tertiary/aromatic N) is 2. The lowest BCUT2D eigenvalue weighted by atomic mass is 10.2. The van der Waals surface area contributed by atoms with E-state index >= 15 is 0 Å². The first-order valence-electron chi connectivity index (χ1n) is 4.97. The zero-order valence-electron chi connectivity index (χ0n) is 9.67. The van der Waals surface area contributed by atoms with Gasteiger partial charge in [-0.1, -0.05) is 5.16 Å². The Morgan fingerprint density at radius 3 is 2.76 bits per heavy atom. The third-order valence-corrected chi connectivity index (χ3v) is 2.16. The molecule has 7 heteroatoms. The van der Waals surface area contributed by atoms with Crippen LogP contribution in [0.4, 0.5) is 0 Å². The smallest absolute Gasteiger partial charge is 0.323 e. The monoisotopic (exact) mass is 242 g/mol. The van der Waals surface area contributed by atoms with Crippen LogP contribution >= 0.6 is 0 Å². The van der Waals surface area contributed by atoms with Gasteiger partial charge in [0.2, 0.25) is 0 Å². The maximum absolute atomic E-state index is 12.0. The van der Waals surface area contributed by atoms with E-state index in [1.165, 1.54) is 18.2 Å². The van der Waals surface area contributed by atoms with Crippen molar-refractivity contribution in [1.29, 1.82) is 0 Å². The second-order valence-electron chi connectivity index (χ2n) is 3.41. The Hall–Kier alpha value is -1.89. The summed E-state index contributed by atoms with van der Waals surface area (Å²) in [6.07, 6.45) is 1.28. The maximum atomic E-state index is 12.0. The van der Waals surface area contributed by atoms with Crippen molar-refractivity contribution in [3.8, 4) is 0 Å². The number of carbonyl (C=O) groups is 2. The number of rotatable bonds is 6. The molecule has 1 amide bonds. The van der Waals surface area contributed by atoms with Crippen LogP contribution in [-0.2, 0) is 9.53 Å². The number of aromatic nitrogens is 1. The summed E-state index contributed by atoms with van der Waals surface area (Å²) in [5.74, 6) is -1.14. The zero-order chi connectivity index (χ0) is 12.8. The third-order valence-electron chi connectivity index (χ3n) is 2.16. The molecule has 1 N–H and O–H groups in total. The van der Waals surface area contributed by atoms with Crippen molar-refractivity contribution in [1.82, 2.24) is 10.1 Å². The predicted octanol–water partition coefficient (Wildman–Crippen LogP) is 0.156. The number of carboxylic acids is 1. The quantitative estimate of drug-likeness (QED) is 0.763. The van der Waals surface area contributed by atoms with Gasteiger partial charge in [0.15, 0.2) is 0 Å². The summed E-state index contributed by atoms with van der Waals surface area (Å²) < 4.78 is 9.59. The molecule has 0 saturated heterocycles. The first kappa shape index (κ1) is 13.2. The fraction of sp³-hybridized carbons (Fsp3) is 0.500. The van der Waals surface area contributed by atoms with Gasteiger partial charge in [-0.15, -0.1) is 0 Å². The van der Waals surface area contributed by atoms with Gasteiger partial charge >= 0.3 is 5.97 Å². The van der Waals surface area contributed by atoms with Crippen LogP contribution in [0.5, 0.6) is 0 Å². The molecular weight excluding hydrogens is 228 g/mol. The molecule has 1 aromatic rings. The van der Waals surface area contributed by atoms with E-state index in [0.29, 0.717) is 5.76 Å². The summed E-state index contributed by atoms with van der Waals surface area (Å²) >= 11 is 0. The predicted molar refractivity (Wildman–Crippen MR) is 56.7 cm³/mol. The SMILES string of the molecule is COCCN(CC(=O)O)C(=O)c1cnoc1C. The van der Waals surface area contributed by atoms with Crippen molar-refractivity contribution in [2.45, 2.75) is 6.92 Å². The average molecular weight is 242 g/mol. The number of carboxylic acid groups (broad SMARTS) is 1. The highest BCUT2D eigenvalue weighted by Gasteiger charge is 2.21. The standard InChI is InChI=1S/C10H14N2O5/c1-7-8(5-11-17-7)10(15)12(3-4-16-2)6-9(13)14/h5H,3-4,6H2,1-2H3,(H,13,14). The number of hydrogen-bond donors (Lipinski definition) is 1. The summed E-state index contributed by atoms with van der Waals surface area (Å²) in [6.45, 7) is 1.68. The largest absolute Gasteiger partial charge is 0.480 e. The van der Waals surface area contributed by atoms with Gasteiger partial charge in [0.1, 0.15) is 17.9 Å². The van der Waals surface area contributed by atoms with Crippen molar-refractivity contribution in [3.63, 3.8) is 0 Å². The van der Waals surface area contributed by atoms with Crippen LogP contribution in [0.3, 0.4) is 0 Å². The van der Waals surface area contributed by atoms with Crippen molar-refractivity contribution in [2.75, 3.05) is 26.8 Å². The Morgan fingerprint density at radius 1 is 1.59 bits per heavy atom. The Kier molecular flexibility index (Phi) is 4.65. The van der Waals surface area contributed by atoms with Gasteiger partial charge in [-0.3, -0.25) is 9.59 Å². The Labute approximate surface area is 97.9 Å². The van der Waals surface area contributed by atoms with Crippen LogP contribution in [0.1, 0.15) is 16.1 Å². The molecule has 0 bridgehead atoms. The van der Waals surface area contributed by atoms with Crippen molar-refractivity contribution in [3.05, 3.63) is 17.5 Å². The number of hydrogen-bond acceptors (Lipinski definition) is 5. The van der Waals surface area contributed by atoms with E-state index in [1.54, 1.807) is 6.92 Å². The van der Waals surface area contributed by atoms with Gasteiger partial charge in [0.25, 0.3) is 5.91 Å². The highest BCUT2D eigenvalue weighted by Crippen LogP contribution is 2.09. The number of amides is 1. The molecule has 0 atom stereocenters. The molecule has 0 spiro atoms. The molecule has 0 unspecified atom stereocenters. The van der Waals surface area contributed by atoms with Gasteiger partial charge in [0, 0.05) is 13.7 Å². The van der Waals surface area contributed by atoms with Gasteiger partial charge in [-0.05, 0) is 6.92 Å². The molecule has 0 aromatic carbocycles. The molecule has 0 radical (unpaired) electrons. The molecule has 1 aromatic heterocycles. The van der Waals surface area contributed by atoms with Crippen molar-refractivity contribution >= 4 is 11.9 Å². The molecule has 0 aliphatic heterocycles. The topological polar surface area (TPSA) is 92.9 Å². The highest BCUT2D eigenvalue weighted by molar-refractivity contribution is 5.96. The summed E-state index contributed by atoms with van der Waals surface area (Å²) in [5, 5.41) is 12.2. The lowest BCUT2D eigenvalue weighted by molar-refractivity contribution is -0.137. The number of methoxy groups -OCH3 is 1. The van der Waals surface area contributed by atoms with Gasteiger partial charge < -0.3 is 19.3 Å². The minimum atomic E-state index is -1.08. The zero-order valence-corrected chi connectivity index (χ0v) is 9.67. The second kappa shape index (κ2) is 6.00. The molecule has 0 aliphatic carbocycles. The molecular formula is C10H14N2O5. The molecule has 94 valence electrons. The fourth-order valence-electron chi connectivity index (χ4n) is 1.29. The van der Waals surface area contributed by atoms with Crippen LogP contribution in [0.15, 0.2) is 10.7 Å². The molecule has 0 aliphatic rings. The van der Waals surface area contributed by atoms with E-state index in [1.807, 2.05) is 0 Å². The third kappa shape index (κ3) is 3.56. The Morgan fingerprint density at radius 2 is 2.29 bits per heavy atom. The van der Waals surface area contributed by atoms with Crippen molar-refractivity contribution in [2.24, 2.45) is 0 Å². The first-order valence-corrected chi connectivity index (χ1v) is 4.97.